The number of amides is 2. The maximum Gasteiger partial charge on any atom is 0.235 e. The fourth-order valence-electron chi connectivity index (χ4n) is 2.42. The van der Waals surface area contributed by atoms with Crippen LogP contribution in [-0.2, 0) is 16.0 Å². The number of carbonyl (C=O) groups excluding carboxylic acids is 2. The number of hydrogen-bond donors (Lipinski definition) is 1. The topological polar surface area (TPSA) is 52.7 Å². The van der Waals surface area contributed by atoms with E-state index in [2.05, 4.69) is 5.32 Å². The minimum absolute atomic E-state index is 0.159. The molecule has 1 heterocycles. The van der Waals surface area contributed by atoms with Crippen LogP contribution in [0.4, 0.5) is 11.4 Å². The highest BCUT2D eigenvalue weighted by molar-refractivity contribution is 6.16. The molecule has 1 aromatic rings. The van der Waals surface area contributed by atoms with Gasteiger partial charge in [-0.2, -0.15) is 0 Å². The van der Waals surface area contributed by atoms with E-state index in [1.807, 2.05) is 37.2 Å². The van der Waals surface area contributed by atoms with E-state index in [1.54, 1.807) is 0 Å². The Balaban J connectivity index is 2.28. The molecule has 0 bridgehead atoms. The highest BCUT2D eigenvalue weighted by Gasteiger charge is 2.25. The molecule has 1 aromatic carbocycles. The van der Waals surface area contributed by atoms with Gasteiger partial charge in [-0.15, -0.1) is 0 Å². The number of hydrogen-bond acceptors (Lipinski definition) is 4. The molecule has 0 spiro atoms. The predicted octanol–water partition coefficient (Wildman–Crippen LogP) is 1.49. The lowest BCUT2D eigenvalue weighted by Crippen LogP contribution is -2.37. The van der Waals surface area contributed by atoms with Crippen LogP contribution in [0.3, 0.4) is 0 Å². The fraction of sp³-hybridized carbons (Fsp3) is 0.467. The van der Waals surface area contributed by atoms with Crippen molar-refractivity contribution in [2.24, 2.45) is 0 Å². The fourth-order valence-corrected chi connectivity index (χ4v) is 2.42. The molecule has 108 valence electrons. The smallest absolute Gasteiger partial charge is 0.235 e. The van der Waals surface area contributed by atoms with E-state index in [4.69, 9.17) is 0 Å². The van der Waals surface area contributed by atoms with Crippen LogP contribution in [0, 0.1) is 0 Å². The van der Waals surface area contributed by atoms with Crippen LogP contribution >= 0.6 is 0 Å². The lowest BCUT2D eigenvalue weighted by molar-refractivity contribution is -0.125. The van der Waals surface area contributed by atoms with Crippen LogP contribution in [0.1, 0.15) is 18.9 Å². The molecule has 0 fully saturated rings. The molecule has 0 saturated heterocycles. The van der Waals surface area contributed by atoms with Gasteiger partial charge in [-0.1, -0.05) is 12.1 Å². The number of nitrogens with one attached hydrogen (secondary N) is 1. The van der Waals surface area contributed by atoms with Gasteiger partial charge in [-0.3, -0.25) is 9.59 Å². The molecule has 0 unspecified atom stereocenters. The first kappa shape index (κ1) is 14.5. The van der Waals surface area contributed by atoms with E-state index in [0.29, 0.717) is 18.7 Å². The van der Waals surface area contributed by atoms with Gasteiger partial charge in [0.15, 0.2) is 0 Å². The van der Waals surface area contributed by atoms with Crippen molar-refractivity contribution >= 4 is 23.2 Å². The monoisotopic (exact) mass is 275 g/mol. The largest absolute Gasteiger partial charge is 0.383 e. The maximum atomic E-state index is 12.3. The van der Waals surface area contributed by atoms with Crippen LogP contribution in [0.15, 0.2) is 18.2 Å². The molecule has 0 saturated carbocycles. The number of rotatable bonds is 4. The molecule has 0 aromatic heterocycles. The number of nitrogens with zero attached hydrogens (tertiary/aromatic N) is 2. The summed E-state index contributed by atoms with van der Waals surface area (Å²) < 4.78 is 0. The van der Waals surface area contributed by atoms with Crippen molar-refractivity contribution in [3.63, 3.8) is 0 Å². The number of imide groups is 1. The first-order chi connectivity index (χ1) is 9.50. The quantitative estimate of drug-likeness (QED) is 0.904. The van der Waals surface area contributed by atoms with Gasteiger partial charge in [-0.05, 0) is 32.1 Å². The van der Waals surface area contributed by atoms with Crippen molar-refractivity contribution in [2.45, 2.75) is 19.8 Å². The molecule has 5 heteroatoms. The summed E-state index contributed by atoms with van der Waals surface area (Å²) >= 11 is 0. The molecule has 20 heavy (non-hydrogen) atoms. The molecule has 2 amide bonds. The summed E-state index contributed by atoms with van der Waals surface area (Å²) in [7, 11) is 3.82. The lowest BCUT2D eigenvalue weighted by atomic mass is 10.1. The van der Waals surface area contributed by atoms with E-state index in [-0.39, 0.29) is 11.8 Å². The molecule has 0 atom stereocenters. The van der Waals surface area contributed by atoms with E-state index in [9.17, 15) is 9.59 Å². The van der Waals surface area contributed by atoms with Gasteiger partial charge in [0, 0.05) is 26.4 Å². The summed E-state index contributed by atoms with van der Waals surface area (Å²) in [6.07, 6.45) is 1.26. The SMILES string of the molecule is CC(=O)N(C(=O)CCN(C)C)c1cccc2c1NCC2. The normalized spacial score (nSPS) is 13.0. The third-order valence-electron chi connectivity index (χ3n) is 3.40. The molecule has 1 aliphatic rings. The Morgan fingerprint density at radius 2 is 2.05 bits per heavy atom. The highest BCUT2D eigenvalue weighted by Crippen LogP contribution is 2.33. The number of para-hydroxylation sites is 1. The molecule has 1 N–H and O–H groups in total. The van der Waals surface area contributed by atoms with Crippen LogP contribution in [-0.4, -0.2) is 43.9 Å². The Bertz CT molecular complexity index is 526. The lowest BCUT2D eigenvalue weighted by Gasteiger charge is -2.22. The summed E-state index contributed by atoms with van der Waals surface area (Å²) in [5, 5.41) is 3.27. The Labute approximate surface area is 119 Å². The van der Waals surface area contributed by atoms with E-state index in [0.717, 1.165) is 24.2 Å². The molecular weight excluding hydrogens is 254 g/mol. The second-order valence-corrected chi connectivity index (χ2v) is 5.29. The second-order valence-electron chi connectivity index (χ2n) is 5.29. The molecule has 0 aliphatic carbocycles. The number of fused-ring (bicyclic) bond motifs is 1. The summed E-state index contributed by atoms with van der Waals surface area (Å²) in [5.41, 5.74) is 2.76. The summed E-state index contributed by atoms with van der Waals surface area (Å²) in [4.78, 5) is 27.5. The van der Waals surface area contributed by atoms with E-state index < -0.39 is 0 Å². The van der Waals surface area contributed by atoms with Crippen molar-refractivity contribution in [1.82, 2.24) is 4.90 Å². The van der Waals surface area contributed by atoms with Gasteiger partial charge < -0.3 is 10.2 Å². The van der Waals surface area contributed by atoms with Crippen molar-refractivity contribution < 1.29 is 9.59 Å². The summed E-state index contributed by atoms with van der Waals surface area (Å²) in [5.74, 6) is -0.399. The third kappa shape index (κ3) is 2.99. The average molecular weight is 275 g/mol. The second kappa shape index (κ2) is 6.05. The standard InChI is InChI=1S/C15H21N3O2/c1-11(19)18(14(20)8-10-17(2)3)13-6-4-5-12-7-9-16-15(12)13/h4-6,16H,7-10H2,1-3H3. The Morgan fingerprint density at radius 1 is 1.30 bits per heavy atom. The number of carbonyl (C=O) groups is 2. The van der Waals surface area contributed by atoms with E-state index in [1.165, 1.54) is 11.8 Å². The van der Waals surface area contributed by atoms with Crippen LogP contribution < -0.4 is 10.2 Å². The van der Waals surface area contributed by atoms with Crippen molar-refractivity contribution in [1.29, 1.82) is 0 Å². The first-order valence-corrected chi connectivity index (χ1v) is 6.84. The zero-order valence-corrected chi connectivity index (χ0v) is 12.3. The minimum atomic E-state index is -0.240. The van der Waals surface area contributed by atoms with Gasteiger partial charge in [-0.25, -0.2) is 4.90 Å². The van der Waals surface area contributed by atoms with Gasteiger partial charge >= 0.3 is 0 Å². The van der Waals surface area contributed by atoms with Crippen LogP contribution in [0.5, 0.6) is 0 Å². The van der Waals surface area contributed by atoms with Crippen molar-refractivity contribution in [2.75, 3.05) is 37.4 Å². The zero-order chi connectivity index (χ0) is 14.7. The molecule has 5 nitrogen and oxygen atoms in total. The summed E-state index contributed by atoms with van der Waals surface area (Å²) in [6, 6.07) is 5.75. The Hall–Kier alpha value is -1.88. The molecule has 2 rings (SSSR count). The van der Waals surface area contributed by atoms with Crippen molar-refractivity contribution in [3.05, 3.63) is 23.8 Å². The molecule has 1 aliphatic heterocycles. The molecule has 0 radical (unpaired) electrons. The maximum absolute atomic E-state index is 12.3. The summed E-state index contributed by atoms with van der Waals surface area (Å²) in [6.45, 7) is 2.91. The highest BCUT2D eigenvalue weighted by atomic mass is 16.2. The third-order valence-corrected chi connectivity index (χ3v) is 3.40. The van der Waals surface area contributed by atoms with Gasteiger partial charge in [0.1, 0.15) is 0 Å². The minimum Gasteiger partial charge on any atom is -0.383 e. The Morgan fingerprint density at radius 3 is 2.70 bits per heavy atom. The van der Waals surface area contributed by atoms with Crippen molar-refractivity contribution in [3.8, 4) is 0 Å². The number of anilines is 2. The molecular formula is C15H21N3O2. The Kier molecular flexibility index (Phi) is 4.39. The van der Waals surface area contributed by atoms with Gasteiger partial charge in [0.2, 0.25) is 11.8 Å². The van der Waals surface area contributed by atoms with Crippen LogP contribution in [0.25, 0.3) is 0 Å². The number of benzene rings is 1. The first-order valence-electron chi connectivity index (χ1n) is 6.84. The van der Waals surface area contributed by atoms with Gasteiger partial charge in [0.05, 0.1) is 11.4 Å². The van der Waals surface area contributed by atoms with Gasteiger partial charge in [0.25, 0.3) is 0 Å². The average Bonchev–Trinajstić information content (AvgIpc) is 2.85. The zero-order valence-electron chi connectivity index (χ0n) is 12.3. The predicted molar refractivity (Wildman–Crippen MR) is 80.0 cm³/mol. The van der Waals surface area contributed by atoms with Crippen LogP contribution in [0.2, 0.25) is 0 Å². The van der Waals surface area contributed by atoms with E-state index >= 15 is 0 Å².